The van der Waals surface area contributed by atoms with Crippen LogP contribution in [0, 0.1) is 69.8 Å². The number of hydrogen-bond acceptors (Lipinski definition) is 2. The lowest BCUT2D eigenvalue weighted by atomic mass is 9.94. The molecule has 0 saturated heterocycles. The van der Waals surface area contributed by atoms with Gasteiger partial charge >= 0.3 is 0 Å². The zero-order valence-corrected chi connectivity index (χ0v) is 14.7. The summed E-state index contributed by atoms with van der Waals surface area (Å²) in [6, 6.07) is 0. The Labute approximate surface area is 168 Å². The zero-order valence-electron chi connectivity index (χ0n) is 14.7. The third-order valence-corrected chi connectivity index (χ3v) is 4.37. The molecule has 2 nitrogen and oxygen atoms in total. The van der Waals surface area contributed by atoms with Crippen LogP contribution in [0.1, 0.15) is 0 Å². The summed E-state index contributed by atoms with van der Waals surface area (Å²) in [6.07, 6.45) is 0. The lowest BCUT2D eigenvalue weighted by molar-refractivity contribution is 0.379. The van der Waals surface area contributed by atoms with Gasteiger partial charge in [-0.3, -0.25) is 0 Å². The molecule has 32 heavy (non-hydrogen) atoms. The summed E-state index contributed by atoms with van der Waals surface area (Å²) in [5.41, 5.74) is -1.37. The van der Waals surface area contributed by atoms with Gasteiger partial charge in [0.15, 0.2) is 64.0 Å². The number of nitrogens with two attached hydrogens (primary N) is 2. The van der Waals surface area contributed by atoms with Crippen molar-refractivity contribution in [2.24, 2.45) is 0 Å². The fraction of sp³-hybridized carbons (Fsp3) is 0. The van der Waals surface area contributed by atoms with E-state index in [2.05, 4.69) is 0 Å². The van der Waals surface area contributed by atoms with Gasteiger partial charge in [0.2, 0.25) is 5.82 Å². The third-order valence-electron chi connectivity index (χ3n) is 4.37. The fourth-order valence-corrected chi connectivity index (χ4v) is 2.83. The Morgan fingerprint density at radius 3 is 0.844 bits per heavy atom. The van der Waals surface area contributed by atoms with Crippen molar-refractivity contribution in [3.8, 4) is 22.3 Å². The molecule has 3 aromatic rings. The number of anilines is 2. The molecule has 0 unspecified atom stereocenters. The first-order chi connectivity index (χ1) is 14.7. The summed E-state index contributed by atoms with van der Waals surface area (Å²) in [5, 5.41) is 0. The van der Waals surface area contributed by atoms with Crippen molar-refractivity contribution < 1.29 is 52.7 Å². The Morgan fingerprint density at radius 2 is 0.469 bits per heavy atom. The van der Waals surface area contributed by atoms with Crippen molar-refractivity contribution in [1.29, 1.82) is 0 Å². The van der Waals surface area contributed by atoms with Gasteiger partial charge in [0, 0.05) is 0 Å². The Morgan fingerprint density at radius 1 is 0.250 bits per heavy atom. The van der Waals surface area contributed by atoms with Gasteiger partial charge in [0.1, 0.15) is 0 Å². The SMILES string of the molecule is Nc1c(N)c(-c2c(F)c(F)c(-c3c(F)c(F)c(F)c(F)c3F)c(F)c2F)c(F)c(F)c1F. The van der Waals surface area contributed by atoms with Crippen LogP contribution < -0.4 is 11.5 Å². The van der Waals surface area contributed by atoms with E-state index in [1.165, 1.54) is 0 Å². The van der Waals surface area contributed by atoms with E-state index in [4.69, 9.17) is 11.5 Å². The third kappa shape index (κ3) is 2.92. The lowest BCUT2D eigenvalue weighted by Gasteiger charge is -2.17. The maximum atomic E-state index is 14.6. The van der Waals surface area contributed by atoms with Crippen LogP contribution in [-0.4, -0.2) is 0 Å². The molecular formula is C18H4F12N2. The highest BCUT2D eigenvalue weighted by atomic mass is 19.2. The lowest BCUT2D eigenvalue weighted by Crippen LogP contribution is -2.12. The van der Waals surface area contributed by atoms with E-state index in [1.807, 2.05) is 0 Å². The van der Waals surface area contributed by atoms with Gasteiger partial charge in [0.25, 0.3) is 0 Å². The fourth-order valence-electron chi connectivity index (χ4n) is 2.83. The molecule has 0 spiro atoms. The van der Waals surface area contributed by atoms with E-state index in [9.17, 15) is 52.7 Å². The van der Waals surface area contributed by atoms with Crippen LogP contribution in [0.15, 0.2) is 0 Å². The molecule has 0 aliphatic rings. The first-order valence-electron chi connectivity index (χ1n) is 7.85. The summed E-state index contributed by atoms with van der Waals surface area (Å²) in [7, 11) is 0. The van der Waals surface area contributed by atoms with E-state index >= 15 is 0 Å². The molecule has 0 saturated carbocycles. The molecule has 170 valence electrons. The minimum absolute atomic E-state index is 1.41. The van der Waals surface area contributed by atoms with Gasteiger partial charge in [-0.2, -0.15) is 0 Å². The Kier molecular flexibility index (Phi) is 5.43. The maximum Gasteiger partial charge on any atom is 0.200 e. The van der Waals surface area contributed by atoms with E-state index in [0.717, 1.165) is 0 Å². The van der Waals surface area contributed by atoms with Crippen molar-refractivity contribution in [1.82, 2.24) is 0 Å². The highest BCUT2D eigenvalue weighted by Gasteiger charge is 2.36. The van der Waals surface area contributed by atoms with Crippen molar-refractivity contribution in [3.63, 3.8) is 0 Å². The topological polar surface area (TPSA) is 52.0 Å². The first kappa shape index (κ1) is 23.1. The number of rotatable bonds is 2. The molecule has 0 bridgehead atoms. The van der Waals surface area contributed by atoms with E-state index in [-0.39, 0.29) is 0 Å². The second kappa shape index (κ2) is 7.53. The van der Waals surface area contributed by atoms with Crippen molar-refractivity contribution in [2.75, 3.05) is 11.5 Å². The van der Waals surface area contributed by atoms with Gasteiger partial charge in [-0.25, -0.2) is 52.7 Å². The molecule has 3 rings (SSSR count). The van der Waals surface area contributed by atoms with Crippen LogP contribution in [0.5, 0.6) is 0 Å². The summed E-state index contributed by atoms with van der Waals surface area (Å²) in [5.74, 6) is -31.8. The summed E-state index contributed by atoms with van der Waals surface area (Å²) < 4.78 is 167. The van der Waals surface area contributed by atoms with Crippen molar-refractivity contribution >= 4 is 11.4 Å². The van der Waals surface area contributed by atoms with Crippen LogP contribution in [0.4, 0.5) is 64.1 Å². The summed E-state index contributed by atoms with van der Waals surface area (Å²) in [6.45, 7) is 0. The van der Waals surface area contributed by atoms with Crippen molar-refractivity contribution in [2.45, 2.75) is 0 Å². The van der Waals surface area contributed by atoms with Crippen LogP contribution in [0.2, 0.25) is 0 Å². The molecule has 3 aromatic carbocycles. The average Bonchev–Trinajstić information content (AvgIpc) is 2.76. The zero-order chi connectivity index (χ0) is 24.4. The average molecular weight is 476 g/mol. The van der Waals surface area contributed by atoms with Crippen LogP contribution in [0.25, 0.3) is 22.3 Å². The highest BCUT2D eigenvalue weighted by Crippen LogP contribution is 2.44. The second-order valence-electron chi connectivity index (χ2n) is 6.10. The molecule has 0 amide bonds. The maximum absolute atomic E-state index is 14.6. The molecule has 0 heterocycles. The summed E-state index contributed by atoms with van der Waals surface area (Å²) >= 11 is 0. The second-order valence-corrected chi connectivity index (χ2v) is 6.10. The van der Waals surface area contributed by atoms with Crippen molar-refractivity contribution in [3.05, 3.63) is 69.8 Å². The Balaban J connectivity index is 2.50. The quantitative estimate of drug-likeness (QED) is 0.211. The largest absolute Gasteiger partial charge is 0.396 e. The molecular weight excluding hydrogens is 472 g/mol. The van der Waals surface area contributed by atoms with E-state index in [0.29, 0.717) is 0 Å². The van der Waals surface area contributed by atoms with Crippen LogP contribution >= 0.6 is 0 Å². The molecule has 0 radical (unpaired) electrons. The molecule has 0 atom stereocenters. The molecule has 0 aliphatic heterocycles. The first-order valence-corrected chi connectivity index (χ1v) is 7.85. The number of hydrogen-bond donors (Lipinski definition) is 2. The predicted molar refractivity (Wildman–Crippen MR) is 85.6 cm³/mol. The minimum atomic E-state index is -2.79. The number of halogens is 12. The molecule has 0 aliphatic carbocycles. The molecule has 4 N–H and O–H groups in total. The molecule has 0 aromatic heterocycles. The monoisotopic (exact) mass is 476 g/mol. The minimum Gasteiger partial charge on any atom is -0.396 e. The molecule has 0 fully saturated rings. The normalized spacial score (nSPS) is 11.4. The highest BCUT2D eigenvalue weighted by molar-refractivity contribution is 5.87. The van der Waals surface area contributed by atoms with E-state index < -0.39 is 103 Å². The Bertz CT molecular complexity index is 1130. The number of nitrogen functional groups attached to an aromatic ring is 2. The van der Waals surface area contributed by atoms with Gasteiger partial charge in [-0.05, 0) is 0 Å². The summed E-state index contributed by atoms with van der Waals surface area (Å²) in [4.78, 5) is 0. The van der Waals surface area contributed by atoms with Gasteiger partial charge in [-0.15, -0.1) is 0 Å². The van der Waals surface area contributed by atoms with Gasteiger partial charge in [-0.1, -0.05) is 0 Å². The smallest absolute Gasteiger partial charge is 0.200 e. The van der Waals surface area contributed by atoms with Crippen LogP contribution in [-0.2, 0) is 0 Å². The predicted octanol–water partition coefficient (Wildman–Crippen LogP) is 5.85. The van der Waals surface area contributed by atoms with Gasteiger partial charge < -0.3 is 11.5 Å². The van der Waals surface area contributed by atoms with Crippen LogP contribution in [0.3, 0.4) is 0 Å². The van der Waals surface area contributed by atoms with E-state index in [1.54, 1.807) is 0 Å². The molecule has 14 heteroatoms. The Hall–Kier alpha value is -3.58. The van der Waals surface area contributed by atoms with Gasteiger partial charge in [0.05, 0.1) is 33.6 Å². The number of benzene rings is 3. The standard InChI is InChI=1S/C18H4F12N2/c19-5-1(2-9(23)12(26)15(29)13(27)10(2)24)6(20)8(22)3(7(5)21)4-11(25)14(28)16(30)18(32)17(4)31/h31-32H2.